The topological polar surface area (TPSA) is 8.17 Å². The number of para-hydroxylation sites is 1. The summed E-state index contributed by atoms with van der Waals surface area (Å²) in [6.45, 7) is 12.0. The molecule has 5 aromatic carbocycles. The summed E-state index contributed by atoms with van der Waals surface area (Å²) in [5, 5.41) is 2.52. The van der Waals surface area contributed by atoms with E-state index in [1.807, 2.05) is 0 Å². The fraction of sp³-hybridized carbons (Fsp3) is 0.360. The van der Waals surface area contributed by atoms with E-state index in [9.17, 15) is 0 Å². The van der Waals surface area contributed by atoms with Crippen LogP contribution in [0.1, 0.15) is 97.1 Å². The van der Waals surface area contributed by atoms with Crippen LogP contribution in [0.2, 0.25) is 13.3 Å². The van der Waals surface area contributed by atoms with Gasteiger partial charge in [-0.05, 0) is 23.6 Å². The van der Waals surface area contributed by atoms with Crippen molar-refractivity contribution < 1.29 is 0 Å². The molecule has 0 bridgehead atoms. The normalized spacial score (nSPS) is 13.3. The van der Waals surface area contributed by atoms with E-state index < -0.39 is 18.4 Å². The molecule has 0 saturated carbocycles. The first-order chi connectivity index (χ1) is 25.9. The minimum absolute atomic E-state index is 0.0435. The van der Waals surface area contributed by atoms with Crippen LogP contribution < -0.4 is 8.61 Å². The van der Waals surface area contributed by atoms with Crippen molar-refractivity contribution >= 4 is 49.9 Å². The van der Waals surface area contributed by atoms with E-state index >= 15 is 0 Å². The van der Waals surface area contributed by atoms with Gasteiger partial charge in [0.05, 0.1) is 0 Å². The van der Waals surface area contributed by atoms with Gasteiger partial charge in [-0.2, -0.15) is 0 Å². The number of fused-ring (bicyclic) bond motifs is 4. The number of hydrogen-bond acceptors (Lipinski definition) is 1. The average Bonchev–Trinajstić information content (AvgIpc) is 3.73. The van der Waals surface area contributed by atoms with Crippen molar-refractivity contribution in [2.24, 2.45) is 7.05 Å². The Morgan fingerprint density at radius 2 is 1.17 bits per heavy atom. The van der Waals surface area contributed by atoms with E-state index in [2.05, 4.69) is 172 Å². The second kappa shape index (κ2) is 16.3. The summed E-state index contributed by atoms with van der Waals surface area (Å²) in [6, 6.07) is 46.2. The number of hydrogen-bond donors (Lipinski definition) is 0. The van der Waals surface area contributed by atoms with Gasteiger partial charge in [-0.3, -0.25) is 0 Å². The van der Waals surface area contributed by atoms with Crippen molar-refractivity contribution in [1.29, 1.82) is 0 Å². The quantitative estimate of drug-likeness (QED) is 0.0885. The third-order valence-corrected chi connectivity index (χ3v) is 28.6. The van der Waals surface area contributed by atoms with Crippen molar-refractivity contribution in [3.63, 3.8) is 0 Å². The second-order valence-electron chi connectivity index (χ2n) is 15.7. The molecular weight excluding hydrogens is 747 g/mol. The molecule has 0 saturated heterocycles. The molecule has 0 radical (unpaired) electrons. The van der Waals surface area contributed by atoms with Crippen LogP contribution in [0.25, 0.3) is 33.2 Å². The third kappa shape index (κ3) is 6.79. The number of aromatic nitrogens is 1. The molecule has 1 aromatic heterocycles. The predicted octanol–water partition coefficient (Wildman–Crippen LogP) is 14.5. The summed E-state index contributed by atoms with van der Waals surface area (Å²) in [7, 11) is 2.40. The van der Waals surface area contributed by atoms with Crippen LogP contribution in [-0.2, 0) is 12.5 Å². The molecule has 0 unspecified atom stereocenters. The molecule has 3 heteroatoms. The molecule has 0 N–H and O–H groups in total. The monoisotopic (exact) mass is 808 g/mol. The zero-order valence-electron chi connectivity index (χ0n) is 33.2. The Morgan fingerprint density at radius 3 is 1.83 bits per heavy atom. The summed E-state index contributed by atoms with van der Waals surface area (Å²) in [5.74, 6) is 0. The molecule has 6 aromatic rings. The Labute approximate surface area is 324 Å². The molecule has 53 heavy (non-hydrogen) atoms. The minimum atomic E-state index is -2.61. The molecule has 0 fully saturated rings. The molecule has 0 amide bonds. The van der Waals surface area contributed by atoms with Crippen molar-refractivity contribution in [2.75, 3.05) is 4.90 Å². The maximum absolute atomic E-state index is 2.67. The first-order valence-corrected chi connectivity index (χ1v) is 28.2. The molecule has 1 heterocycles. The van der Waals surface area contributed by atoms with E-state index in [-0.39, 0.29) is 5.41 Å². The molecule has 0 aliphatic heterocycles. The summed E-state index contributed by atoms with van der Waals surface area (Å²) in [6.07, 6.45) is 10.2. The van der Waals surface area contributed by atoms with Crippen molar-refractivity contribution in [1.82, 2.24) is 4.57 Å². The zero-order chi connectivity index (χ0) is 37.0. The Hall–Kier alpha value is -3.76. The Morgan fingerprint density at radius 1 is 0.566 bits per heavy atom. The van der Waals surface area contributed by atoms with Gasteiger partial charge < -0.3 is 0 Å². The Kier molecular flexibility index (Phi) is 11.6. The van der Waals surface area contributed by atoms with Crippen LogP contribution in [0.4, 0.5) is 17.1 Å². The summed E-state index contributed by atoms with van der Waals surface area (Å²) >= 11 is -2.61. The first kappa shape index (κ1) is 37.6. The van der Waals surface area contributed by atoms with Gasteiger partial charge in [-0.1, -0.05) is 54.6 Å². The van der Waals surface area contributed by atoms with Gasteiger partial charge in [-0.15, -0.1) is 0 Å². The van der Waals surface area contributed by atoms with Crippen molar-refractivity contribution in [3.05, 3.63) is 132 Å². The maximum atomic E-state index is 2.67. The van der Waals surface area contributed by atoms with Gasteiger partial charge >= 0.3 is 242 Å². The van der Waals surface area contributed by atoms with Crippen molar-refractivity contribution in [2.45, 2.75) is 105 Å². The van der Waals surface area contributed by atoms with E-state index in [0.29, 0.717) is 0 Å². The average molecular weight is 808 g/mol. The van der Waals surface area contributed by atoms with Gasteiger partial charge in [0.25, 0.3) is 0 Å². The molecule has 1 aliphatic rings. The Balaban J connectivity index is 1.33. The number of unbranched alkanes of at least 4 members (excludes halogenated alkanes) is 3. The van der Waals surface area contributed by atoms with E-state index in [1.165, 1.54) is 113 Å². The van der Waals surface area contributed by atoms with Crippen LogP contribution in [-0.4, -0.2) is 22.9 Å². The van der Waals surface area contributed by atoms with Gasteiger partial charge in [0.15, 0.2) is 0 Å². The SMILES string of the molecule is CCC[CH2][Sn]([CH2]CCC)([CH2]CCC)[c]1ccc(-c2ccc3c(c2)C(CC)(CC)c2cc(N(c4ccccc4)c4cccc5ccccc45)ccc2-3)n1C. The van der Waals surface area contributed by atoms with Crippen LogP contribution >= 0.6 is 0 Å². The molecule has 274 valence electrons. The fourth-order valence-electron chi connectivity index (χ4n) is 9.84. The predicted molar refractivity (Wildman–Crippen MR) is 234 cm³/mol. The second-order valence-corrected chi connectivity index (χ2v) is 28.8. The van der Waals surface area contributed by atoms with Crippen LogP contribution in [0.15, 0.2) is 121 Å². The zero-order valence-corrected chi connectivity index (χ0v) is 36.1. The van der Waals surface area contributed by atoms with Gasteiger partial charge in [-0.25, -0.2) is 0 Å². The van der Waals surface area contributed by atoms with Gasteiger partial charge in [0.1, 0.15) is 0 Å². The molecule has 7 rings (SSSR count). The van der Waals surface area contributed by atoms with Crippen LogP contribution in [0.3, 0.4) is 0 Å². The number of rotatable bonds is 16. The van der Waals surface area contributed by atoms with Crippen molar-refractivity contribution in [3.8, 4) is 22.4 Å². The summed E-state index contributed by atoms with van der Waals surface area (Å²) in [4.78, 5) is 2.46. The summed E-state index contributed by atoms with van der Waals surface area (Å²) in [5.41, 5.74) is 12.1. The van der Waals surface area contributed by atoms with E-state index in [4.69, 9.17) is 0 Å². The Bertz CT molecular complexity index is 2130. The third-order valence-electron chi connectivity index (χ3n) is 12.8. The number of nitrogens with zero attached hydrogens (tertiary/aromatic N) is 2. The number of anilines is 3. The van der Waals surface area contributed by atoms with E-state index in [1.54, 1.807) is 3.71 Å². The van der Waals surface area contributed by atoms with Gasteiger partial charge in [0, 0.05) is 5.39 Å². The standard InChI is InChI=1S/C38H33N2.3C4H9.Sn/c1-4-38(5-2)34-25-28(36-19-12-24-39(36)3)20-22-32(34)33-23-21-30(26-35(33)38)40(29-15-7-6-8-16-29)37-18-11-14-27-13-9-10-17-31(27)37;3*1-3-4-2;/h6-23,25-26H,4-5H2,1-3H3;3*1,3-4H2,2H3;. The molecule has 1 aliphatic carbocycles. The molecular formula is C50H60N2Sn. The van der Waals surface area contributed by atoms with E-state index in [0.717, 1.165) is 12.8 Å². The molecule has 0 atom stereocenters. The first-order valence-electron chi connectivity index (χ1n) is 20.7. The van der Waals surface area contributed by atoms with Crippen LogP contribution in [0.5, 0.6) is 0 Å². The fourth-order valence-corrected chi connectivity index (χ4v) is 26.6. The number of benzene rings is 5. The molecule has 2 nitrogen and oxygen atoms in total. The van der Waals surface area contributed by atoms with Crippen LogP contribution in [0, 0.1) is 0 Å². The van der Waals surface area contributed by atoms with Gasteiger partial charge in [0.2, 0.25) is 0 Å². The molecule has 0 spiro atoms. The summed E-state index contributed by atoms with van der Waals surface area (Å²) < 4.78 is 8.92.